The summed E-state index contributed by atoms with van der Waals surface area (Å²) < 4.78 is 52.0. The number of aromatic nitrogens is 1. The number of fused-ring (bicyclic) bond motifs is 3. The van der Waals surface area contributed by atoms with Crippen molar-refractivity contribution in [2.24, 2.45) is 11.0 Å². The number of hydrazone groups is 1. The molecule has 2 atom stereocenters. The van der Waals surface area contributed by atoms with E-state index in [1.165, 1.54) is 12.5 Å². The Morgan fingerprint density at radius 3 is 2.79 bits per heavy atom. The lowest BCUT2D eigenvalue weighted by molar-refractivity contribution is -0.268. The number of thiazole rings is 1. The number of methoxy groups -OCH3 is 2. The Bertz CT molecular complexity index is 1010. The summed E-state index contributed by atoms with van der Waals surface area (Å²) in [5.74, 6) is -1.50. The van der Waals surface area contributed by atoms with Crippen molar-refractivity contribution in [2.45, 2.75) is 24.7 Å². The second-order valence-corrected chi connectivity index (χ2v) is 7.48. The van der Waals surface area contributed by atoms with Gasteiger partial charge < -0.3 is 14.6 Å². The zero-order valence-corrected chi connectivity index (χ0v) is 16.2. The standard InChI is InChI=1S/C18H16F3N3O4S/c1-27-10-4-5-11-9(7-10)3-6-12-14(11)23-24(17(12,26)18(19,20)21)16-22-13(8-29-16)15(25)28-2/h4-5,7-8,12,26H,3,6H2,1-2H3/t12-,17+/m0/s1. The molecule has 29 heavy (non-hydrogen) atoms. The summed E-state index contributed by atoms with van der Waals surface area (Å²) in [7, 11) is 2.65. The maximum absolute atomic E-state index is 14.1. The Balaban J connectivity index is 1.84. The first kappa shape index (κ1) is 19.6. The van der Waals surface area contributed by atoms with Gasteiger partial charge in [-0.1, -0.05) is 0 Å². The van der Waals surface area contributed by atoms with Gasteiger partial charge in [-0.15, -0.1) is 11.3 Å². The van der Waals surface area contributed by atoms with Gasteiger partial charge in [0.15, 0.2) is 5.69 Å². The topological polar surface area (TPSA) is 84.2 Å². The highest BCUT2D eigenvalue weighted by atomic mass is 32.1. The lowest BCUT2D eigenvalue weighted by Crippen LogP contribution is -2.60. The highest BCUT2D eigenvalue weighted by Crippen LogP contribution is 2.50. The Morgan fingerprint density at radius 2 is 2.14 bits per heavy atom. The zero-order valence-electron chi connectivity index (χ0n) is 15.4. The molecule has 1 aromatic carbocycles. The first-order valence-electron chi connectivity index (χ1n) is 8.59. The number of ether oxygens (including phenoxy) is 2. The van der Waals surface area contributed by atoms with Crippen molar-refractivity contribution in [3.63, 3.8) is 0 Å². The van der Waals surface area contributed by atoms with Crippen LogP contribution in [0.5, 0.6) is 5.75 Å². The fourth-order valence-electron chi connectivity index (χ4n) is 3.69. The zero-order chi connectivity index (χ0) is 21.0. The summed E-state index contributed by atoms with van der Waals surface area (Å²) in [4.78, 5) is 15.5. The largest absolute Gasteiger partial charge is 0.497 e. The van der Waals surface area contributed by atoms with E-state index in [-0.39, 0.29) is 23.0 Å². The molecular weight excluding hydrogens is 411 g/mol. The molecule has 154 valence electrons. The molecule has 2 heterocycles. The molecule has 2 aromatic rings. The molecule has 1 N–H and O–H groups in total. The number of hydrogen-bond donors (Lipinski definition) is 1. The van der Waals surface area contributed by atoms with Crippen molar-refractivity contribution >= 4 is 28.1 Å². The second kappa shape index (κ2) is 6.70. The molecule has 0 amide bonds. The van der Waals surface area contributed by atoms with Crippen molar-refractivity contribution in [3.8, 4) is 5.75 Å². The van der Waals surface area contributed by atoms with Crippen molar-refractivity contribution < 1.29 is 32.5 Å². The number of carbonyl (C=O) groups is 1. The predicted octanol–water partition coefficient (Wildman–Crippen LogP) is 2.98. The van der Waals surface area contributed by atoms with Gasteiger partial charge in [-0.2, -0.15) is 23.3 Å². The SMILES string of the molecule is COC(=O)c1csc(N2N=C3c4ccc(OC)cc4CC[C@@H]3[C@@]2(O)C(F)(F)F)n1. The molecule has 0 spiro atoms. The Hall–Kier alpha value is -2.66. The van der Waals surface area contributed by atoms with Crippen molar-refractivity contribution in [1.82, 2.24) is 4.98 Å². The fraction of sp³-hybridized carbons (Fsp3) is 0.389. The highest BCUT2D eigenvalue weighted by molar-refractivity contribution is 7.14. The summed E-state index contributed by atoms with van der Waals surface area (Å²) in [5.41, 5.74) is -1.98. The van der Waals surface area contributed by atoms with Gasteiger partial charge in [0, 0.05) is 10.9 Å². The maximum Gasteiger partial charge on any atom is 0.439 e. The molecule has 1 aromatic heterocycles. The normalized spacial score (nSPS) is 23.3. The molecule has 11 heteroatoms. The first-order valence-corrected chi connectivity index (χ1v) is 9.47. The molecule has 0 bridgehead atoms. The molecular formula is C18H16F3N3O4S. The van der Waals surface area contributed by atoms with Gasteiger partial charge in [-0.25, -0.2) is 9.78 Å². The van der Waals surface area contributed by atoms with Crippen LogP contribution in [0, 0.1) is 5.92 Å². The minimum atomic E-state index is -5.01. The summed E-state index contributed by atoms with van der Waals surface area (Å²) in [6, 6.07) is 5.03. The first-order chi connectivity index (χ1) is 13.7. The van der Waals surface area contributed by atoms with Crippen LogP contribution in [0.1, 0.15) is 28.0 Å². The van der Waals surface area contributed by atoms with Crippen LogP contribution in [0.25, 0.3) is 0 Å². The van der Waals surface area contributed by atoms with Gasteiger partial charge in [-0.3, -0.25) is 0 Å². The minimum absolute atomic E-state index is 0.0424. The van der Waals surface area contributed by atoms with E-state index < -0.39 is 23.8 Å². The molecule has 7 nitrogen and oxygen atoms in total. The van der Waals surface area contributed by atoms with Crippen LogP contribution < -0.4 is 9.75 Å². The van der Waals surface area contributed by atoms with Crippen LogP contribution in [0.4, 0.5) is 18.3 Å². The summed E-state index contributed by atoms with van der Waals surface area (Å²) in [5, 5.41) is 16.5. The molecule has 1 aliphatic carbocycles. The van der Waals surface area contributed by atoms with Gasteiger partial charge in [0.25, 0.3) is 5.72 Å². The number of nitrogens with zero attached hydrogens (tertiary/aromatic N) is 3. The minimum Gasteiger partial charge on any atom is -0.497 e. The fourth-order valence-corrected chi connectivity index (χ4v) is 4.49. The number of benzene rings is 1. The maximum atomic E-state index is 14.1. The smallest absolute Gasteiger partial charge is 0.439 e. The van der Waals surface area contributed by atoms with E-state index in [9.17, 15) is 23.1 Å². The molecule has 2 aliphatic rings. The second-order valence-electron chi connectivity index (χ2n) is 6.64. The third kappa shape index (κ3) is 2.87. The van der Waals surface area contributed by atoms with E-state index in [2.05, 4.69) is 14.8 Å². The summed E-state index contributed by atoms with van der Waals surface area (Å²) in [6.07, 6.45) is -4.64. The van der Waals surface area contributed by atoms with Gasteiger partial charge >= 0.3 is 12.1 Å². The van der Waals surface area contributed by atoms with Crippen molar-refractivity contribution in [3.05, 3.63) is 40.4 Å². The quantitative estimate of drug-likeness (QED) is 0.759. The van der Waals surface area contributed by atoms with Gasteiger partial charge in [0.2, 0.25) is 5.13 Å². The average molecular weight is 427 g/mol. The van der Waals surface area contributed by atoms with E-state index >= 15 is 0 Å². The van der Waals surface area contributed by atoms with Gasteiger partial charge in [0.05, 0.1) is 25.8 Å². The van der Waals surface area contributed by atoms with Crippen LogP contribution >= 0.6 is 11.3 Å². The number of alkyl halides is 3. The Labute approximate surface area is 167 Å². The molecule has 0 saturated carbocycles. The van der Waals surface area contributed by atoms with Gasteiger partial charge in [-0.05, 0) is 36.6 Å². The number of aliphatic hydroxyl groups is 1. The molecule has 0 radical (unpaired) electrons. The Kier molecular flexibility index (Phi) is 4.54. The number of halogens is 3. The van der Waals surface area contributed by atoms with Crippen molar-refractivity contribution in [1.29, 1.82) is 0 Å². The highest BCUT2D eigenvalue weighted by Gasteiger charge is 2.68. The number of aryl methyl sites for hydroxylation is 1. The van der Waals surface area contributed by atoms with E-state index in [1.54, 1.807) is 18.2 Å². The van der Waals surface area contributed by atoms with Crippen molar-refractivity contribution in [2.75, 3.05) is 19.2 Å². The number of carbonyl (C=O) groups excluding carboxylic acids is 1. The number of esters is 1. The predicted molar refractivity (Wildman–Crippen MR) is 98.3 cm³/mol. The van der Waals surface area contributed by atoms with E-state index in [1.807, 2.05) is 0 Å². The summed E-state index contributed by atoms with van der Waals surface area (Å²) >= 11 is 0.769. The monoisotopic (exact) mass is 427 g/mol. The number of hydrogen-bond acceptors (Lipinski definition) is 8. The van der Waals surface area contributed by atoms with Gasteiger partial charge in [0.1, 0.15) is 5.75 Å². The molecule has 0 saturated heterocycles. The van der Waals surface area contributed by atoms with Crippen LogP contribution in [0.2, 0.25) is 0 Å². The summed E-state index contributed by atoms with van der Waals surface area (Å²) in [6.45, 7) is 0. The molecule has 0 fully saturated rings. The number of rotatable bonds is 3. The van der Waals surface area contributed by atoms with E-state index in [0.717, 1.165) is 24.0 Å². The van der Waals surface area contributed by atoms with Crippen LogP contribution in [-0.2, 0) is 11.2 Å². The van der Waals surface area contributed by atoms with Crippen LogP contribution in [0.3, 0.4) is 0 Å². The lowest BCUT2D eigenvalue weighted by Gasteiger charge is -2.38. The van der Waals surface area contributed by atoms with Crippen LogP contribution in [-0.4, -0.2) is 47.9 Å². The number of anilines is 1. The molecule has 1 aliphatic heterocycles. The lowest BCUT2D eigenvalue weighted by atomic mass is 9.77. The third-order valence-electron chi connectivity index (χ3n) is 5.12. The third-order valence-corrected chi connectivity index (χ3v) is 5.94. The van der Waals surface area contributed by atoms with E-state index in [0.29, 0.717) is 22.7 Å². The van der Waals surface area contributed by atoms with Crippen LogP contribution in [0.15, 0.2) is 28.7 Å². The Morgan fingerprint density at radius 1 is 1.38 bits per heavy atom. The molecule has 4 rings (SSSR count). The van der Waals surface area contributed by atoms with E-state index in [4.69, 9.17) is 4.74 Å². The molecule has 0 unspecified atom stereocenters. The average Bonchev–Trinajstić information content (AvgIpc) is 3.30.